The lowest BCUT2D eigenvalue weighted by Crippen LogP contribution is -2.38. The van der Waals surface area contributed by atoms with Crippen molar-refractivity contribution in [2.75, 3.05) is 13.3 Å². The number of thioether (sulfide) groups is 1. The van der Waals surface area contributed by atoms with Gasteiger partial charge in [-0.2, -0.15) is 11.8 Å². The second-order valence-electron chi connectivity index (χ2n) is 5.51. The summed E-state index contributed by atoms with van der Waals surface area (Å²) in [6.07, 6.45) is 6.17. The smallest absolute Gasteiger partial charge is 0.240 e. The van der Waals surface area contributed by atoms with E-state index < -0.39 is 10.0 Å². The van der Waals surface area contributed by atoms with E-state index in [2.05, 4.69) is 16.3 Å². The van der Waals surface area contributed by atoms with Gasteiger partial charge >= 0.3 is 0 Å². The second-order valence-corrected chi connectivity index (χ2v) is 8.36. The zero-order valence-corrected chi connectivity index (χ0v) is 14.3. The van der Waals surface area contributed by atoms with Crippen molar-refractivity contribution in [2.24, 2.45) is 0 Å². The normalized spacial score (nSPS) is 23.1. The molecular formula is C15H24N2O2S2. The largest absolute Gasteiger partial charge is 0.316 e. The van der Waals surface area contributed by atoms with Crippen LogP contribution in [-0.2, 0) is 16.6 Å². The number of benzene rings is 1. The van der Waals surface area contributed by atoms with Crippen LogP contribution in [0.2, 0.25) is 0 Å². The average molecular weight is 329 g/mol. The van der Waals surface area contributed by atoms with E-state index in [1.165, 1.54) is 0 Å². The Kier molecular flexibility index (Phi) is 6.10. The molecule has 0 atom stereocenters. The lowest BCUT2D eigenvalue weighted by atomic mass is 9.96. The maximum absolute atomic E-state index is 12.5. The first-order chi connectivity index (χ1) is 10.0. The Bertz CT molecular complexity index is 553. The van der Waals surface area contributed by atoms with Crippen molar-refractivity contribution in [1.82, 2.24) is 10.0 Å². The van der Waals surface area contributed by atoms with E-state index in [9.17, 15) is 8.42 Å². The molecule has 0 aromatic heterocycles. The van der Waals surface area contributed by atoms with Gasteiger partial charge in [-0.1, -0.05) is 12.1 Å². The molecule has 118 valence electrons. The zero-order valence-electron chi connectivity index (χ0n) is 12.6. The Labute approximate surface area is 132 Å². The summed E-state index contributed by atoms with van der Waals surface area (Å²) in [5, 5.41) is 3.72. The Morgan fingerprint density at radius 3 is 2.57 bits per heavy atom. The first-order valence-electron chi connectivity index (χ1n) is 7.34. The third kappa shape index (κ3) is 4.71. The predicted molar refractivity (Wildman–Crippen MR) is 89.1 cm³/mol. The molecule has 2 N–H and O–H groups in total. The van der Waals surface area contributed by atoms with Gasteiger partial charge in [0.2, 0.25) is 10.0 Å². The van der Waals surface area contributed by atoms with E-state index in [0.29, 0.717) is 16.7 Å². The minimum Gasteiger partial charge on any atom is -0.316 e. The predicted octanol–water partition coefficient (Wildman–Crippen LogP) is 2.36. The summed E-state index contributed by atoms with van der Waals surface area (Å²) in [5.41, 5.74) is 0.978. The van der Waals surface area contributed by atoms with E-state index in [0.717, 1.165) is 31.2 Å². The van der Waals surface area contributed by atoms with Gasteiger partial charge in [0, 0.05) is 17.8 Å². The Hall–Kier alpha value is -0.560. The SMILES string of the molecule is CNCc1cccc(S(=O)(=O)NC2CCC(SC)CC2)c1. The monoisotopic (exact) mass is 328 g/mol. The van der Waals surface area contributed by atoms with Gasteiger partial charge in [-0.25, -0.2) is 13.1 Å². The minimum absolute atomic E-state index is 0.0753. The summed E-state index contributed by atoms with van der Waals surface area (Å²) in [7, 11) is -1.56. The molecule has 0 bridgehead atoms. The number of hydrogen-bond donors (Lipinski definition) is 2. The summed E-state index contributed by atoms with van der Waals surface area (Å²) in [4.78, 5) is 0.363. The third-order valence-electron chi connectivity index (χ3n) is 3.92. The van der Waals surface area contributed by atoms with Crippen LogP contribution in [0.15, 0.2) is 29.2 Å². The first-order valence-corrected chi connectivity index (χ1v) is 10.1. The molecule has 6 heteroatoms. The van der Waals surface area contributed by atoms with Crippen LogP contribution in [0, 0.1) is 0 Å². The van der Waals surface area contributed by atoms with Crippen LogP contribution >= 0.6 is 11.8 Å². The maximum Gasteiger partial charge on any atom is 0.240 e. The summed E-state index contributed by atoms with van der Waals surface area (Å²) >= 11 is 1.89. The fourth-order valence-electron chi connectivity index (χ4n) is 2.73. The molecule has 21 heavy (non-hydrogen) atoms. The van der Waals surface area contributed by atoms with Crippen molar-refractivity contribution in [3.05, 3.63) is 29.8 Å². The van der Waals surface area contributed by atoms with Gasteiger partial charge in [0.15, 0.2) is 0 Å². The van der Waals surface area contributed by atoms with Gasteiger partial charge in [-0.3, -0.25) is 0 Å². The summed E-state index contributed by atoms with van der Waals surface area (Å²) < 4.78 is 27.8. The Balaban J connectivity index is 2.03. The molecular weight excluding hydrogens is 304 g/mol. The summed E-state index contributed by atoms with van der Waals surface area (Å²) in [6, 6.07) is 7.21. The van der Waals surface area contributed by atoms with E-state index in [1.807, 2.05) is 24.9 Å². The molecule has 1 aliphatic carbocycles. The molecule has 0 aliphatic heterocycles. The molecule has 0 spiro atoms. The molecule has 1 fully saturated rings. The summed E-state index contributed by atoms with van der Waals surface area (Å²) in [6.45, 7) is 0.669. The van der Waals surface area contributed by atoms with Crippen molar-refractivity contribution >= 4 is 21.8 Å². The lowest BCUT2D eigenvalue weighted by molar-refractivity contribution is 0.420. The topological polar surface area (TPSA) is 58.2 Å². The highest BCUT2D eigenvalue weighted by Crippen LogP contribution is 2.27. The zero-order chi connectivity index (χ0) is 15.3. The number of rotatable bonds is 6. The van der Waals surface area contributed by atoms with Crippen LogP contribution in [0.1, 0.15) is 31.2 Å². The van der Waals surface area contributed by atoms with E-state index in [-0.39, 0.29) is 6.04 Å². The van der Waals surface area contributed by atoms with Gasteiger partial charge in [0.05, 0.1) is 4.90 Å². The molecule has 2 rings (SSSR count). The van der Waals surface area contributed by atoms with Crippen molar-refractivity contribution in [3.63, 3.8) is 0 Å². The molecule has 1 aromatic carbocycles. The van der Waals surface area contributed by atoms with Crippen LogP contribution in [0.4, 0.5) is 0 Å². The van der Waals surface area contributed by atoms with Crippen molar-refractivity contribution in [2.45, 2.75) is 48.4 Å². The van der Waals surface area contributed by atoms with Crippen LogP contribution < -0.4 is 10.0 Å². The Morgan fingerprint density at radius 1 is 1.24 bits per heavy atom. The van der Waals surface area contributed by atoms with E-state index in [4.69, 9.17) is 0 Å². The Morgan fingerprint density at radius 2 is 1.95 bits per heavy atom. The van der Waals surface area contributed by atoms with Crippen LogP contribution in [0.3, 0.4) is 0 Å². The van der Waals surface area contributed by atoms with Gasteiger partial charge in [-0.05, 0) is 56.7 Å². The van der Waals surface area contributed by atoms with Crippen molar-refractivity contribution in [3.8, 4) is 0 Å². The number of nitrogens with one attached hydrogen (secondary N) is 2. The number of hydrogen-bond acceptors (Lipinski definition) is 4. The van der Waals surface area contributed by atoms with Crippen molar-refractivity contribution in [1.29, 1.82) is 0 Å². The van der Waals surface area contributed by atoms with Gasteiger partial charge in [-0.15, -0.1) is 0 Å². The molecule has 1 aliphatic rings. The molecule has 0 heterocycles. The molecule has 4 nitrogen and oxygen atoms in total. The second kappa shape index (κ2) is 7.63. The minimum atomic E-state index is -3.41. The third-order valence-corrected chi connectivity index (χ3v) is 6.58. The molecule has 0 unspecified atom stereocenters. The molecule has 0 amide bonds. The maximum atomic E-state index is 12.5. The molecule has 0 saturated heterocycles. The molecule has 0 radical (unpaired) electrons. The van der Waals surface area contributed by atoms with Crippen LogP contribution in [0.25, 0.3) is 0 Å². The average Bonchev–Trinajstić information content (AvgIpc) is 2.48. The quantitative estimate of drug-likeness (QED) is 0.842. The van der Waals surface area contributed by atoms with Crippen molar-refractivity contribution < 1.29 is 8.42 Å². The summed E-state index contributed by atoms with van der Waals surface area (Å²) in [5.74, 6) is 0. The fraction of sp³-hybridized carbons (Fsp3) is 0.600. The lowest BCUT2D eigenvalue weighted by Gasteiger charge is -2.27. The van der Waals surface area contributed by atoms with E-state index >= 15 is 0 Å². The molecule has 1 saturated carbocycles. The first kappa shape index (κ1) is 16.8. The fourth-order valence-corrected chi connectivity index (χ4v) is 4.85. The van der Waals surface area contributed by atoms with Crippen LogP contribution in [-0.4, -0.2) is 33.0 Å². The standard InChI is InChI=1S/C15H24N2O2S2/c1-16-11-12-4-3-5-15(10-12)21(18,19)17-13-6-8-14(20-2)9-7-13/h3-5,10,13-14,16-17H,6-9,11H2,1-2H3. The van der Waals surface area contributed by atoms with Gasteiger partial charge < -0.3 is 5.32 Å². The highest BCUT2D eigenvalue weighted by molar-refractivity contribution is 7.99. The van der Waals surface area contributed by atoms with E-state index in [1.54, 1.807) is 18.2 Å². The van der Waals surface area contributed by atoms with Gasteiger partial charge in [0.1, 0.15) is 0 Å². The highest BCUT2D eigenvalue weighted by atomic mass is 32.2. The van der Waals surface area contributed by atoms with Gasteiger partial charge in [0.25, 0.3) is 0 Å². The molecule has 1 aromatic rings. The van der Waals surface area contributed by atoms with Crippen LogP contribution in [0.5, 0.6) is 0 Å². The highest BCUT2D eigenvalue weighted by Gasteiger charge is 2.25. The number of sulfonamides is 1.